The van der Waals surface area contributed by atoms with Crippen LogP contribution in [0.4, 0.5) is 0 Å². The molecular weight excluding hydrogens is 402 g/mol. The van der Waals surface area contributed by atoms with Crippen LogP contribution in [0.5, 0.6) is 0 Å². The second-order valence-corrected chi connectivity index (χ2v) is 9.04. The molecule has 2 saturated heterocycles. The topological polar surface area (TPSA) is 69.7 Å². The van der Waals surface area contributed by atoms with Gasteiger partial charge >= 0.3 is 0 Å². The van der Waals surface area contributed by atoms with Crippen molar-refractivity contribution >= 4 is 29.3 Å². The lowest BCUT2D eigenvalue weighted by atomic mass is 9.87. The van der Waals surface area contributed by atoms with Crippen molar-refractivity contribution in [2.45, 2.75) is 52.0 Å². The number of carbonyl (C=O) groups excluding carboxylic acids is 3. The third kappa shape index (κ3) is 5.34. The molecule has 1 atom stereocenters. The lowest BCUT2D eigenvalue weighted by Gasteiger charge is -2.39. The van der Waals surface area contributed by atoms with Gasteiger partial charge < -0.3 is 15.1 Å². The van der Waals surface area contributed by atoms with E-state index in [1.807, 2.05) is 23.6 Å². The second-order valence-electron chi connectivity index (χ2n) is 8.63. The maximum Gasteiger partial charge on any atom is 0.253 e. The van der Waals surface area contributed by atoms with E-state index in [-0.39, 0.29) is 29.6 Å². The van der Waals surface area contributed by atoms with Crippen LogP contribution in [-0.4, -0.2) is 59.7 Å². The molecule has 1 aromatic rings. The zero-order chi connectivity index (χ0) is 21.7. The van der Waals surface area contributed by atoms with Crippen LogP contribution in [0.3, 0.4) is 0 Å². The van der Waals surface area contributed by atoms with E-state index >= 15 is 0 Å². The van der Waals surface area contributed by atoms with E-state index in [1.54, 1.807) is 24.3 Å². The summed E-state index contributed by atoms with van der Waals surface area (Å²) in [5.74, 6) is -0.220. The Morgan fingerprint density at radius 3 is 2.13 bits per heavy atom. The molecule has 2 aliphatic heterocycles. The molecule has 2 aliphatic rings. The van der Waals surface area contributed by atoms with Crippen molar-refractivity contribution in [3.63, 3.8) is 0 Å². The minimum Gasteiger partial charge on any atom is -0.342 e. The highest BCUT2D eigenvalue weighted by Crippen LogP contribution is 2.25. The summed E-state index contributed by atoms with van der Waals surface area (Å²) in [5, 5.41) is 3.36. The van der Waals surface area contributed by atoms with Crippen LogP contribution in [0.25, 0.3) is 0 Å². The number of piperidine rings is 2. The fraction of sp³-hybridized carbons (Fsp3) is 0.609. The predicted molar refractivity (Wildman–Crippen MR) is 117 cm³/mol. The summed E-state index contributed by atoms with van der Waals surface area (Å²) in [6.45, 7) is 6.52. The zero-order valence-corrected chi connectivity index (χ0v) is 18.7. The number of carbonyl (C=O) groups is 3. The molecule has 2 heterocycles. The molecule has 0 unspecified atom stereocenters. The van der Waals surface area contributed by atoms with Gasteiger partial charge in [0.05, 0.1) is 10.6 Å². The second kappa shape index (κ2) is 10.3. The van der Waals surface area contributed by atoms with E-state index in [0.29, 0.717) is 36.5 Å². The molecule has 3 rings (SSSR count). The third-order valence-electron chi connectivity index (χ3n) is 6.16. The lowest BCUT2D eigenvalue weighted by molar-refractivity contribution is -0.138. The number of halogens is 1. The van der Waals surface area contributed by atoms with Crippen molar-refractivity contribution in [2.75, 3.05) is 26.2 Å². The lowest BCUT2D eigenvalue weighted by Crippen LogP contribution is -2.55. The summed E-state index contributed by atoms with van der Waals surface area (Å²) >= 11 is 6.20. The highest BCUT2D eigenvalue weighted by molar-refractivity contribution is 6.33. The average molecular weight is 434 g/mol. The Kier molecular flexibility index (Phi) is 7.75. The SMILES string of the molecule is CC(C)C(=O)N1CCC([C@@H](NC(=O)c2ccccc2Cl)C(=O)N2CCCCC2)CC1. The van der Waals surface area contributed by atoms with Gasteiger partial charge in [0.25, 0.3) is 5.91 Å². The Bertz CT molecular complexity index is 769. The quantitative estimate of drug-likeness (QED) is 0.774. The van der Waals surface area contributed by atoms with Crippen molar-refractivity contribution < 1.29 is 14.4 Å². The molecule has 164 valence electrons. The summed E-state index contributed by atoms with van der Waals surface area (Å²) in [5.41, 5.74) is 0.378. The van der Waals surface area contributed by atoms with Gasteiger partial charge in [-0.1, -0.05) is 37.6 Å². The Morgan fingerprint density at radius 2 is 1.53 bits per heavy atom. The molecule has 0 saturated carbocycles. The van der Waals surface area contributed by atoms with Gasteiger partial charge in [-0.25, -0.2) is 0 Å². The fourth-order valence-corrected chi connectivity index (χ4v) is 4.60. The summed E-state index contributed by atoms with van der Waals surface area (Å²) in [7, 11) is 0. The average Bonchev–Trinajstić information content (AvgIpc) is 2.77. The van der Waals surface area contributed by atoms with Gasteiger partial charge in [0.2, 0.25) is 11.8 Å². The molecular formula is C23H32ClN3O3. The first-order valence-corrected chi connectivity index (χ1v) is 11.4. The number of nitrogens with zero attached hydrogens (tertiary/aromatic N) is 2. The first kappa shape index (κ1) is 22.6. The van der Waals surface area contributed by atoms with Gasteiger partial charge in [-0.3, -0.25) is 14.4 Å². The van der Waals surface area contributed by atoms with Crippen LogP contribution in [0.2, 0.25) is 5.02 Å². The molecule has 0 aliphatic carbocycles. The highest BCUT2D eigenvalue weighted by Gasteiger charge is 2.36. The Labute approximate surface area is 183 Å². The number of hydrogen-bond acceptors (Lipinski definition) is 3. The third-order valence-corrected chi connectivity index (χ3v) is 6.49. The molecule has 30 heavy (non-hydrogen) atoms. The molecule has 1 N–H and O–H groups in total. The minimum absolute atomic E-state index is 0.00192. The Hall–Kier alpha value is -2.08. The molecule has 0 radical (unpaired) electrons. The van der Waals surface area contributed by atoms with Gasteiger partial charge in [0, 0.05) is 32.1 Å². The zero-order valence-electron chi connectivity index (χ0n) is 17.9. The molecule has 1 aromatic carbocycles. The molecule has 0 spiro atoms. The van der Waals surface area contributed by atoms with Gasteiger partial charge in [0.15, 0.2) is 0 Å². The van der Waals surface area contributed by atoms with Crippen molar-refractivity contribution in [1.82, 2.24) is 15.1 Å². The number of nitrogens with one attached hydrogen (secondary N) is 1. The molecule has 3 amide bonds. The van der Waals surface area contributed by atoms with E-state index in [9.17, 15) is 14.4 Å². The fourth-order valence-electron chi connectivity index (χ4n) is 4.37. The van der Waals surface area contributed by atoms with Crippen LogP contribution < -0.4 is 5.32 Å². The smallest absolute Gasteiger partial charge is 0.253 e. The van der Waals surface area contributed by atoms with E-state index in [0.717, 1.165) is 32.4 Å². The normalized spacial score (nSPS) is 18.9. The first-order valence-electron chi connectivity index (χ1n) is 11.0. The van der Waals surface area contributed by atoms with Crippen LogP contribution >= 0.6 is 11.6 Å². The summed E-state index contributed by atoms with van der Waals surface area (Å²) in [6.07, 6.45) is 4.53. The van der Waals surface area contributed by atoms with Crippen LogP contribution in [0.15, 0.2) is 24.3 Å². The van der Waals surface area contributed by atoms with E-state index in [4.69, 9.17) is 11.6 Å². The summed E-state index contributed by atoms with van der Waals surface area (Å²) in [6, 6.07) is 6.29. The largest absolute Gasteiger partial charge is 0.342 e. The maximum atomic E-state index is 13.4. The number of hydrogen-bond donors (Lipinski definition) is 1. The highest BCUT2D eigenvalue weighted by atomic mass is 35.5. The number of benzene rings is 1. The molecule has 7 heteroatoms. The number of likely N-dealkylation sites (tertiary alicyclic amines) is 2. The van der Waals surface area contributed by atoms with Gasteiger partial charge in [-0.2, -0.15) is 0 Å². The maximum absolute atomic E-state index is 13.4. The van der Waals surface area contributed by atoms with E-state index in [1.165, 1.54) is 0 Å². The molecule has 0 aromatic heterocycles. The Morgan fingerprint density at radius 1 is 0.933 bits per heavy atom. The van der Waals surface area contributed by atoms with Gasteiger partial charge in [0.1, 0.15) is 6.04 Å². The van der Waals surface area contributed by atoms with Crippen LogP contribution in [-0.2, 0) is 9.59 Å². The first-order chi connectivity index (χ1) is 14.4. The van der Waals surface area contributed by atoms with Crippen LogP contribution in [0.1, 0.15) is 56.3 Å². The van der Waals surface area contributed by atoms with Gasteiger partial charge in [-0.05, 0) is 50.2 Å². The predicted octanol–water partition coefficient (Wildman–Crippen LogP) is 3.35. The number of amides is 3. The summed E-state index contributed by atoms with van der Waals surface area (Å²) < 4.78 is 0. The van der Waals surface area contributed by atoms with Crippen molar-refractivity contribution in [3.05, 3.63) is 34.9 Å². The monoisotopic (exact) mass is 433 g/mol. The van der Waals surface area contributed by atoms with Crippen molar-refractivity contribution in [1.29, 1.82) is 0 Å². The van der Waals surface area contributed by atoms with Crippen LogP contribution in [0, 0.1) is 11.8 Å². The van der Waals surface area contributed by atoms with Crippen molar-refractivity contribution in [2.24, 2.45) is 11.8 Å². The molecule has 0 bridgehead atoms. The van der Waals surface area contributed by atoms with E-state index in [2.05, 4.69) is 5.32 Å². The molecule has 6 nitrogen and oxygen atoms in total. The summed E-state index contributed by atoms with van der Waals surface area (Å²) in [4.78, 5) is 42.4. The Balaban J connectivity index is 1.74. The number of rotatable bonds is 5. The van der Waals surface area contributed by atoms with Gasteiger partial charge in [-0.15, -0.1) is 0 Å². The minimum atomic E-state index is -0.594. The van der Waals surface area contributed by atoms with Crippen molar-refractivity contribution in [3.8, 4) is 0 Å². The standard InChI is InChI=1S/C23H32ClN3O3/c1-16(2)22(29)27-14-10-17(11-15-27)20(23(30)26-12-6-3-7-13-26)25-21(28)18-8-4-5-9-19(18)24/h4-5,8-9,16-17,20H,3,6-7,10-15H2,1-2H3,(H,25,28)/t20-/m1/s1. The van der Waals surface area contributed by atoms with E-state index < -0.39 is 6.04 Å². The molecule has 2 fully saturated rings.